The maximum atomic E-state index is 12.5. The van der Waals surface area contributed by atoms with E-state index in [0.717, 1.165) is 12.1 Å². The van der Waals surface area contributed by atoms with Crippen LogP contribution in [0.5, 0.6) is 5.75 Å². The first-order chi connectivity index (χ1) is 14.2. The lowest BCUT2D eigenvalue weighted by Gasteiger charge is -2.09. The van der Waals surface area contributed by atoms with E-state index in [4.69, 9.17) is 0 Å². The van der Waals surface area contributed by atoms with Crippen LogP contribution in [0.4, 0.5) is 18.9 Å². The first kappa shape index (κ1) is 19.6. The molecule has 0 spiro atoms. The Morgan fingerprint density at radius 2 is 1.67 bits per heavy atom. The van der Waals surface area contributed by atoms with Gasteiger partial charge in [-0.1, -0.05) is 0 Å². The summed E-state index contributed by atoms with van der Waals surface area (Å²) in [4.78, 5) is 30.9. The van der Waals surface area contributed by atoms with Gasteiger partial charge in [0.2, 0.25) is 0 Å². The molecule has 0 saturated carbocycles. The molecule has 0 radical (unpaired) electrons. The minimum Gasteiger partial charge on any atom is -0.406 e. The third-order valence-electron chi connectivity index (χ3n) is 4.13. The number of alkyl halides is 3. The summed E-state index contributed by atoms with van der Waals surface area (Å²) < 4.78 is 40.7. The van der Waals surface area contributed by atoms with Gasteiger partial charge < -0.3 is 9.72 Å². The highest BCUT2D eigenvalue weighted by Gasteiger charge is 2.31. The molecule has 0 aliphatic rings. The van der Waals surface area contributed by atoms with Crippen LogP contribution in [0.2, 0.25) is 0 Å². The second-order valence-corrected chi connectivity index (χ2v) is 7.15. The molecule has 11 heteroatoms. The van der Waals surface area contributed by atoms with Crippen molar-refractivity contribution in [3.05, 3.63) is 75.1 Å². The number of fused-ring (bicyclic) bond motifs is 1. The van der Waals surface area contributed by atoms with Crippen molar-refractivity contribution in [3.8, 4) is 27.6 Å². The van der Waals surface area contributed by atoms with E-state index in [1.54, 1.807) is 18.2 Å². The van der Waals surface area contributed by atoms with Crippen LogP contribution >= 0.6 is 11.3 Å². The Bertz CT molecular complexity index is 1300. The molecular weight excluding hydrogens is 423 g/mol. The Morgan fingerprint density at radius 3 is 2.27 bits per heavy atom. The Morgan fingerprint density at radius 1 is 1.03 bits per heavy atom. The number of H-pyrrole nitrogens is 1. The summed E-state index contributed by atoms with van der Waals surface area (Å²) in [6.07, 6.45) is -4.79. The number of nitrogens with one attached hydrogen (secondary N) is 1. The van der Waals surface area contributed by atoms with Gasteiger partial charge in [0.1, 0.15) is 16.4 Å². The van der Waals surface area contributed by atoms with E-state index in [9.17, 15) is 28.1 Å². The fourth-order valence-corrected chi connectivity index (χ4v) is 3.81. The van der Waals surface area contributed by atoms with E-state index in [2.05, 4.69) is 14.7 Å². The van der Waals surface area contributed by atoms with Gasteiger partial charge in [0, 0.05) is 22.6 Å². The second kappa shape index (κ2) is 7.26. The van der Waals surface area contributed by atoms with Crippen molar-refractivity contribution >= 4 is 27.2 Å². The van der Waals surface area contributed by atoms with Gasteiger partial charge in [-0.3, -0.25) is 14.9 Å². The van der Waals surface area contributed by atoms with E-state index < -0.39 is 16.8 Å². The molecule has 0 aliphatic carbocycles. The van der Waals surface area contributed by atoms with E-state index >= 15 is 0 Å². The van der Waals surface area contributed by atoms with Gasteiger partial charge in [-0.25, -0.2) is 4.98 Å². The smallest absolute Gasteiger partial charge is 0.406 e. The summed E-state index contributed by atoms with van der Waals surface area (Å²) in [7, 11) is 0. The summed E-state index contributed by atoms with van der Waals surface area (Å²) in [6, 6.07) is 12.5. The lowest BCUT2D eigenvalue weighted by atomic mass is 10.1. The van der Waals surface area contributed by atoms with E-state index in [0.29, 0.717) is 26.2 Å². The first-order valence-corrected chi connectivity index (χ1v) is 9.16. The number of nitro groups is 1. The molecule has 2 aromatic carbocycles. The normalized spacial score (nSPS) is 11.6. The van der Waals surface area contributed by atoms with E-state index in [-0.39, 0.29) is 17.3 Å². The number of hydrogen-bond acceptors (Lipinski definition) is 6. The highest BCUT2D eigenvalue weighted by Crippen LogP contribution is 2.33. The SMILES string of the molecule is O=c1[nH]c(-c2ccc(OC(F)(F)F)cc2)nc2sc(-c3ccc([N+](=O)[O-])cc3)cc12. The lowest BCUT2D eigenvalue weighted by molar-refractivity contribution is -0.384. The average Bonchev–Trinajstić information content (AvgIpc) is 3.12. The summed E-state index contributed by atoms with van der Waals surface area (Å²) in [5, 5.41) is 11.1. The van der Waals surface area contributed by atoms with Crippen LogP contribution in [0.15, 0.2) is 59.4 Å². The molecule has 0 aliphatic heterocycles. The van der Waals surface area contributed by atoms with Crippen LogP contribution in [-0.4, -0.2) is 21.3 Å². The van der Waals surface area contributed by atoms with Crippen molar-refractivity contribution in [2.45, 2.75) is 6.36 Å². The fraction of sp³-hybridized carbons (Fsp3) is 0.0526. The molecule has 0 amide bonds. The van der Waals surface area contributed by atoms with Crippen LogP contribution in [-0.2, 0) is 0 Å². The van der Waals surface area contributed by atoms with Gasteiger partial charge in [-0.2, -0.15) is 0 Å². The third-order valence-corrected chi connectivity index (χ3v) is 5.20. The molecule has 2 aromatic heterocycles. The molecule has 0 fully saturated rings. The molecule has 4 rings (SSSR count). The number of halogens is 3. The number of nitrogens with zero attached hydrogens (tertiary/aromatic N) is 2. The Kier molecular flexibility index (Phi) is 4.74. The van der Waals surface area contributed by atoms with Crippen molar-refractivity contribution < 1.29 is 22.8 Å². The largest absolute Gasteiger partial charge is 0.573 e. The van der Waals surface area contributed by atoms with E-state index in [1.165, 1.54) is 35.6 Å². The highest BCUT2D eigenvalue weighted by atomic mass is 32.1. The maximum absolute atomic E-state index is 12.5. The fourth-order valence-electron chi connectivity index (χ4n) is 2.77. The standard InChI is InChI=1S/C19H10F3N3O4S/c20-19(21,22)29-13-7-3-11(4-8-13)16-23-17(26)14-9-15(30-18(14)24-16)10-1-5-12(6-2-10)25(27)28/h1-9H,(H,23,24,26). The van der Waals surface area contributed by atoms with Crippen molar-refractivity contribution in [2.75, 3.05) is 0 Å². The van der Waals surface area contributed by atoms with Crippen LogP contribution in [0.3, 0.4) is 0 Å². The molecular formula is C19H10F3N3O4S. The molecule has 2 heterocycles. The summed E-state index contributed by atoms with van der Waals surface area (Å²) in [5.41, 5.74) is 0.651. The van der Waals surface area contributed by atoms with E-state index in [1.807, 2.05) is 0 Å². The minimum absolute atomic E-state index is 0.0453. The van der Waals surface area contributed by atoms with Crippen LogP contribution in [0.1, 0.15) is 0 Å². The van der Waals surface area contributed by atoms with Crippen molar-refractivity contribution in [3.63, 3.8) is 0 Å². The molecule has 30 heavy (non-hydrogen) atoms. The number of ether oxygens (including phenoxy) is 1. The predicted octanol–water partition coefficient (Wildman–Crippen LogP) is 5.13. The number of rotatable bonds is 4. The Labute approximate surface area is 169 Å². The number of non-ortho nitro benzene ring substituents is 1. The van der Waals surface area contributed by atoms with Crippen molar-refractivity contribution in [2.24, 2.45) is 0 Å². The first-order valence-electron chi connectivity index (χ1n) is 8.34. The molecule has 1 N–H and O–H groups in total. The van der Waals surface area contributed by atoms with Gasteiger partial charge in [0.15, 0.2) is 0 Å². The van der Waals surface area contributed by atoms with Crippen molar-refractivity contribution in [1.82, 2.24) is 9.97 Å². The van der Waals surface area contributed by atoms with Gasteiger partial charge in [0.05, 0.1) is 10.3 Å². The lowest BCUT2D eigenvalue weighted by Crippen LogP contribution is -2.17. The quantitative estimate of drug-likeness (QED) is 0.356. The number of benzene rings is 2. The third kappa shape index (κ3) is 4.01. The molecule has 0 saturated heterocycles. The van der Waals surface area contributed by atoms with Crippen molar-refractivity contribution in [1.29, 1.82) is 0 Å². The zero-order valence-electron chi connectivity index (χ0n) is 14.8. The summed E-state index contributed by atoms with van der Waals surface area (Å²) >= 11 is 1.22. The molecule has 152 valence electrons. The number of nitro benzene ring substituents is 1. The second-order valence-electron chi connectivity index (χ2n) is 6.12. The molecule has 0 bridgehead atoms. The van der Waals surface area contributed by atoms with Gasteiger partial charge >= 0.3 is 6.36 Å². The molecule has 0 unspecified atom stereocenters. The topological polar surface area (TPSA) is 98.1 Å². The highest BCUT2D eigenvalue weighted by molar-refractivity contribution is 7.21. The zero-order chi connectivity index (χ0) is 21.5. The molecule has 7 nitrogen and oxygen atoms in total. The predicted molar refractivity (Wildman–Crippen MR) is 104 cm³/mol. The van der Waals surface area contributed by atoms with Gasteiger partial charge in [0.25, 0.3) is 11.2 Å². The maximum Gasteiger partial charge on any atom is 0.573 e. The van der Waals surface area contributed by atoms with Crippen LogP contribution in [0.25, 0.3) is 32.0 Å². The monoisotopic (exact) mass is 433 g/mol. The molecule has 4 aromatic rings. The number of thiophene rings is 1. The average molecular weight is 433 g/mol. The summed E-state index contributed by atoms with van der Waals surface area (Å²) in [5.74, 6) is -0.186. The zero-order valence-corrected chi connectivity index (χ0v) is 15.6. The number of aromatic nitrogens is 2. The molecule has 0 atom stereocenters. The van der Waals surface area contributed by atoms with Gasteiger partial charge in [-0.15, -0.1) is 24.5 Å². The van der Waals surface area contributed by atoms with Crippen LogP contribution < -0.4 is 10.3 Å². The minimum atomic E-state index is -4.79. The number of hydrogen-bond donors (Lipinski definition) is 1. The van der Waals surface area contributed by atoms with Gasteiger partial charge in [-0.05, 0) is 48.0 Å². The Hall–Kier alpha value is -3.73. The van der Waals surface area contributed by atoms with Crippen LogP contribution in [0, 0.1) is 10.1 Å². The Balaban J connectivity index is 1.68. The summed E-state index contributed by atoms with van der Waals surface area (Å²) in [6.45, 7) is 0. The number of aromatic amines is 1.